The van der Waals surface area contributed by atoms with E-state index >= 15 is 0 Å². The number of sulfone groups is 1. The number of rotatable bonds is 7. The van der Waals surface area contributed by atoms with Crippen LogP contribution in [0.1, 0.15) is 38.9 Å². The van der Waals surface area contributed by atoms with Crippen LogP contribution >= 0.6 is 11.5 Å². The lowest BCUT2D eigenvalue weighted by Crippen LogP contribution is -2.47. The maximum atomic E-state index is 14.4. The molecule has 2 aliphatic rings. The highest BCUT2D eigenvalue weighted by Crippen LogP contribution is 2.30. The molecule has 0 saturated carbocycles. The molecule has 0 spiro atoms. The minimum absolute atomic E-state index is 0.0367. The first-order valence-electron chi connectivity index (χ1n) is 12.5. The Hall–Kier alpha value is -3.08. The van der Waals surface area contributed by atoms with E-state index in [1.807, 2.05) is 0 Å². The average molecular weight is 629 g/mol. The molecule has 10 nitrogen and oxygen atoms in total. The number of carbonyl (C=O) groups is 2. The highest BCUT2D eigenvalue weighted by molar-refractivity contribution is 7.90. The minimum atomic E-state index is -5.08. The van der Waals surface area contributed by atoms with Gasteiger partial charge in [0.05, 0.1) is 0 Å². The average Bonchev–Trinajstić information content (AvgIpc) is 3.46. The number of alkyl halides is 3. The minimum Gasteiger partial charge on any atom is -0.477 e. The van der Waals surface area contributed by atoms with Crippen LogP contribution in [0.5, 0.6) is 5.75 Å². The third kappa shape index (κ3) is 8.47. The standard InChI is InChI=1S/C22H28F2N4O4S2.C2HF3O2/c1-13(2)10-20-25-22(33-26-20)27-7-4-14(5-8-27)28-9-6-17(21(28)29)32-18-11-16(24)19(12-15(18)23)34(3,30)31;3-2(4,5)1(6)7/h11-14,17H,4-10H2,1-3H3;(H,6,7). The fourth-order valence-electron chi connectivity index (χ4n) is 4.37. The second kappa shape index (κ2) is 12.8. The number of nitrogens with zero attached hydrogens (tertiary/aromatic N) is 4. The number of aromatic nitrogens is 2. The Kier molecular flexibility index (Phi) is 10.2. The second-order valence-electron chi connectivity index (χ2n) is 10.0. The van der Waals surface area contributed by atoms with Crippen molar-refractivity contribution in [1.29, 1.82) is 0 Å². The first kappa shape index (κ1) is 32.4. The van der Waals surface area contributed by atoms with Crippen molar-refractivity contribution in [3.05, 3.63) is 29.6 Å². The summed E-state index contributed by atoms with van der Waals surface area (Å²) in [6.45, 7) is 6.24. The van der Waals surface area contributed by atoms with E-state index in [-0.39, 0.29) is 11.9 Å². The summed E-state index contributed by atoms with van der Waals surface area (Å²) in [4.78, 5) is 29.7. The SMILES string of the molecule is CC(C)Cc1nsc(N2CCC(N3CCC(Oc4cc(F)c(S(C)(=O)=O)cc4F)C3=O)CC2)n1.O=C(O)C(F)(F)F. The number of amides is 1. The molecular weight excluding hydrogens is 599 g/mol. The molecule has 17 heteroatoms. The van der Waals surface area contributed by atoms with E-state index in [1.165, 1.54) is 11.5 Å². The van der Waals surface area contributed by atoms with Gasteiger partial charge in [-0.1, -0.05) is 13.8 Å². The Morgan fingerprint density at radius 2 is 1.76 bits per heavy atom. The van der Waals surface area contributed by atoms with Gasteiger partial charge in [-0.05, 0) is 24.8 Å². The molecule has 2 saturated heterocycles. The number of likely N-dealkylation sites (tertiary alicyclic amines) is 1. The maximum Gasteiger partial charge on any atom is 0.490 e. The topological polar surface area (TPSA) is 130 Å². The van der Waals surface area contributed by atoms with E-state index in [0.29, 0.717) is 31.0 Å². The van der Waals surface area contributed by atoms with E-state index in [2.05, 4.69) is 28.1 Å². The number of carboxylic acids is 1. The van der Waals surface area contributed by atoms with Crippen LogP contribution in [0.15, 0.2) is 17.0 Å². The third-order valence-corrected chi connectivity index (χ3v) is 8.24. The number of carboxylic acid groups (broad SMARTS) is 1. The molecule has 0 radical (unpaired) electrons. The predicted molar refractivity (Wildman–Crippen MR) is 138 cm³/mol. The Labute approximate surface area is 237 Å². The van der Waals surface area contributed by atoms with Gasteiger partial charge in [-0.2, -0.15) is 17.5 Å². The van der Waals surface area contributed by atoms with E-state index in [9.17, 15) is 35.2 Å². The zero-order valence-corrected chi connectivity index (χ0v) is 24.0. The monoisotopic (exact) mass is 628 g/mol. The van der Waals surface area contributed by atoms with Gasteiger partial charge in [0, 0.05) is 62.4 Å². The molecule has 1 aromatic heterocycles. The van der Waals surface area contributed by atoms with Gasteiger partial charge in [0.25, 0.3) is 5.91 Å². The highest BCUT2D eigenvalue weighted by atomic mass is 32.2. The van der Waals surface area contributed by atoms with Crippen molar-refractivity contribution in [1.82, 2.24) is 14.3 Å². The van der Waals surface area contributed by atoms with Crippen molar-refractivity contribution >= 4 is 38.4 Å². The van der Waals surface area contributed by atoms with E-state index in [0.717, 1.165) is 49.6 Å². The largest absolute Gasteiger partial charge is 0.490 e. The fraction of sp³-hybridized carbons (Fsp3) is 0.583. The molecular formula is C24H29F5N4O6S2. The summed E-state index contributed by atoms with van der Waals surface area (Å²) in [6, 6.07) is 1.32. The Bertz CT molecular complexity index is 1360. The number of carbonyl (C=O) groups excluding carboxylic acids is 1. The van der Waals surface area contributed by atoms with Crippen LogP contribution in [0.25, 0.3) is 0 Å². The Morgan fingerprint density at radius 3 is 2.29 bits per heavy atom. The Morgan fingerprint density at radius 1 is 1.15 bits per heavy atom. The van der Waals surface area contributed by atoms with Gasteiger partial charge in [0.2, 0.25) is 5.13 Å². The first-order valence-corrected chi connectivity index (χ1v) is 15.2. The number of hydrogen-bond acceptors (Lipinski definition) is 9. The van der Waals surface area contributed by atoms with E-state index in [4.69, 9.17) is 14.6 Å². The lowest BCUT2D eigenvalue weighted by atomic mass is 10.0. The smallest absolute Gasteiger partial charge is 0.477 e. The molecule has 228 valence electrons. The Balaban J connectivity index is 0.000000587. The molecule has 3 heterocycles. The van der Waals surface area contributed by atoms with E-state index in [1.54, 1.807) is 4.90 Å². The predicted octanol–water partition coefficient (Wildman–Crippen LogP) is 3.70. The van der Waals surface area contributed by atoms with Gasteiger partial charge in [0.1, 0.15) is 16.5 Å². The lowest BCUT2D eigenvalue weighted by Gasteiger charge is -2.36. The fourth-order valence-corrected chi connectivity index (χ4v) is 5.85. The molecule has 0 aliphatic carbocycles. The lowest BCUT2D eigenvalue weighted by molar-refractivity contribution is -0.192. The van der Waals surface area contributed by atoms with E-state index < -0.39 is 50.4 Å². The van der Waals surface area contributed by atoms with Crippen LogP contribution in [0, 0.1) is 17.6 Å². The molecule has 41 heavy (non-hydrogen) atoms. The van der Waals surface area contributed by atoms with Crippen LogP contribution < -0.4 is 9.64 Å². The zero-order chi connectivity index (χ0) is 30.7. The van der Waals surface area contributed by atoms with Gasteiger partial charge in [-0.15, -0.1) is 0 Å². The molecule has 1 aromatic carbocycles. The van der Waals surface area contributed by atoms with Crippen LogP contribution in [0.3, 0.4) is 0 Å². The second-order valence-corrected chi connectivity index (χ2v) is 12.7. The van der Waals surface area contributed by atoms with Crippen LogP contribution in [0.4, 0.5) is 27.1 Å². The molecule has 1 atom stereocenters. The molecule has 0 bridgehead atoms. The van der Waals surface area contributed by atoms with Crippen molar-refractivity contribution < 1.29 is 49.8 Å². The molecule has 1 amide bonds. The number of halogens is 5. The van der Waals surface area contributed by atoms with Gasteiger partial charge in [-0.25, -0.2) is 27.0 Å². The van der Waals surface area contributed by atoms with Gasteiger partial charge in [0.15, 0.2) is 27.5 Å². The van der Waals surface area contributed by atoms with Crippen molar-refractivity contribution in [2.75, 3.05) is 30.8 Å². The first-order chi connectivity index (χ1) is 19.0. The number of anilines is 1. The van der Waals surface area contributed by atoms with Gasteiger partial charge >= 0.3 is 12.1 Å². The number of piperidine rings is 1. The number of hydrogen-bond donors (Lipinski definition) is 1. The molecule has 2 fully saturated rings. The van der Waals surface area contributed by atoms with Crippen molar-refractivity contribution in [3.63, 3.8) is 0 Å². The summed E-state index contributed by atoms with van der Waals surface area (Å²) in [5, 5.41) is 8.03. The highest BCUT2D eigenvalue weighted by Gasteiger charge is 2.40. The van der Waals surface area contributed by atoms with Gasteiger partial charge < -0.3 is 19.6 Å². The number of benzene rings is 1. The summed E-state index contributed by atoms with van der Waals surface area (Å²) in [5.74, 6) is -4.26. The van der Waals surface area contributed by atoms with Crippen LogP contribution in [0.2, 0.25) is 0 Å². The summed E-state index contributed by atoms with van der Waals surface area (Å²) >= 11 is 1.40. The number of aliphatic carboxylic acids is 1. The quantitative estimate of drug-likeness (QED) is 0.457. The third-order valence-electron chi connectivity index (χ3n) is 6.31. The van der Waals surface area contributed by atoms with Gasteiger partial charge in [-0.3, -0.25) is 4.79 Å². The van der Waals surface area contributed by atoms with Crippen molar-refractivity contribution in [3.8, 4) is 5.75 Å². The maximum absolute atomic E-state index is 14.4. The number of ether oxygens (including phenoxy) is 1. The summed E-state index contributed by atoms with van der Waals surface area (Å²) < 4.78 is 93.3. The van der Waals surface area contributed by atoms with Crippen molar-refractivity contribution in [2.24, 2.45) is 5.92 Å². The van der Waals surface area contributed by atoms with Crippen LogP contribution in [-0.2, 0) is 25.8 Å². The van der Waals surface area contributed by atoms with Crippen LogP contribution in [-0.4, -0.2) is 83.9 Å². The molecule has 2 aliphatic heterocycles. The summed E-state index contributed by atoms with van der Waals surface area (Å²) in [6.07, 6.45) is -2.49. The van der Waals surface area contributed by atoms with Crippen molar-refractivity contribution in [2.45, 2.75) is 62.7 Å². The summed E-state index contributed by atoms with van der Waals surface area (Å²) in [7, 11) is -3.92. The molecule has 1 unspecified atom stereocenters. The zero-order valence-electron chi connectivity index (χ0n) is 22.3. The normalized spacial score (nSPS) is 18.5. The summed E-state index contributed by atoms with van der Waals surface area (Å²) in [5.41, 5.74) is 0. The molecule has 4 rings (SSSR count). The molecule has 2 aromatic rings. The molecule has 1 N–H and O–H groups in total.